The number of hydrogen-bond donors (Lipinski definition) is 2. The maximum absolute atomic E-state index is 11.1. The normalized spacial score (nSPS) is 24.4. The van der Waals surface area contributed by atoms with Crippen molar-refractivity contribution >= 4 is 22.4 Å². The fraction of sp³-hybridized carbons (Fsp3) is 0.714. The molecule has 1 aromatic rings. The van der Waals surface area contributed by atoms with Crippen LogP contribution in [0, 0.1) is 5.92 Å². The van der Waals surface area contributed by atoms with Gasteiger partial charge in [-0.25, -0.2) is 4.98 Å². The first kappa shape index (κ1) is 12.9. The fourth-order valence-corrected chi connectivity index (χ4v) is 4.43. The van der Waals surface area contributed by atoms with E-state index in [1.54, 1.807) is 11.3 Å². The summed E-state index contributed by atoms with van der Waals surface area (Å²) in [6.45, 7) is 2.22. The fourth-order valence-electron chi connectivity index (χ4n) is 3.30. The molecule has 0 spiro atoms. The molecule has 2 unspecified atom stereocenters. The average Bonchev–Trinajstić information content (AvgIpc) is 3.03. The molecular weight excluding hydrogens is 260 g/mol. The topological polar surface area (TPSA) is 62.2 Å². The van der Waals surface area contributed by atoms with Crippen molar-refractivity contribution in [3.8, 4) is 0 Å². The van der Waals surface area contributed by atoms with E-state index < -0.39 is 5.97 Å². The minimum absolute atomic E-state index is 0.386. The number of thiazole rings is 1. The van der Waals surface area contributed by atoms with Crippen LogP contribution in [-0.4, -0.2) is 22.1 Å². The Morgan fingerprint density at radius 2 is 2.16 bits per heavy atom. The lowest BCUT2D eigenvalue weighted by molar-refractivity contribution is -0.138. The molecular formula is C14H20N2O2S. The standard InChI is InChI=1S/C14H20N2O2S/c1-8(9-4-2-3-5-9)15-14-16-12-10(13(17)18)6-7-11(12)19-14/h8-10H,2-7H2,1H3,(H,15,16)(H,17,18). The molecule has 19 heavy (non-hydrogen) atoms. The van der Waals surface area contributed by atoms with Crippen LogP contribution >= 0.6 is 11.3 Å². The van der Waals surface area contributed by atoms with Gasteiger partial charge in [-0.15, -0.1) is 11.3 Å². The molecule has 0 aromatic carbocycles. The first-order chi connectivity index (χ1) is 9.15. The zero-order valence-electron chi connectivity index (χ0n) is 11.2. The van der Waals surface area contributed by atoms with Gasteiger partial charge in [0.25, 0.3) is 0 Å². The molecule has 2 aliphatic rings. The highest BCUT2D eigenvalue weighted by Gasteiger charge is 2.33. The summed E-state index contributed by atoms with van der Waals surface area (Å²) in [6, 6.07) is 0.442. The number of carboxylic acids is 1. The van der Waals surface area contributed by atoms with E-state index in [4.69, 9.17) is 5.11 Å². The minimum atomic E-state index is -0.737. The molecule has 4 nitrogen and oxygen atoms in total. The molecule has 0 amide bonds. The van der Waals surface area contributed by atoms with Crippen LogP contribution in [0.25, 0.3) is 0 Å². The number of nitrogens with one attached hydrogen (secondary N) is 1. The number of aryl methyl sites for hydroxylation is 1. The maximum atomic E-state index is 11.1. The highest BCUT2D eigenvalue weighted by Crippen LogP contribution is 2.39. The highest BCUT2D eigenvalue weighted by atomic mass is 32.1. The SMILES string of the molecule is CC(Nc1nc2c(s1)CCC2C(=O)O)C1CCCC1. The van der Waals surface area contributed by atoms with Crippen LogP contribution in [0.1, 0.15) is 55.5 Å². The number of nitrogens with zero attached hydrogens (tertiary/aromatic N) is 1. The van der Waals surface area contributed by atoms with E-state index in [0.29, 0.717) is 12.5 Å². The predicted molar refractivity (Wildman–Crippen MR) is 75.9 cm³/mol. The van der Waals surface area contributed by atoms with Gasteiger partial charge in [0.05, 0.1) is 5.69 Å². The summed E-state index contributed by atoms with van der Waals surface area (Å²) in [5.41, 5.74) is 0.804. The third kappa shape index (κ3) is 2.48. The van der Waals surface area contributed by atoms with Gasteiger partial charge in [-0.3, -0.25) is 4.79 Å². The Hall–Kier alpha value is -1.10. The zero-order valence-corrected chi connectivity index (χ0v) is 12.0. The smallest absolute Gasteiger partial charge is 0.312 e. The number of fused-ring (bicyclic) bond motifs is 1. The second kappa shape index (κ2) is 5.12. The lowest BCUT2D eigenvalue weighted by atomic mass is 10.0. The number of carboxylic acid groups (broad SMARTS) is 1. The third-order valence-electron chi connectivity index (χ3n) is 4.47. The Morgan fingerprint density at radius 1 is 1.42 bits per heavy atom. The van der Waals surface area contributed by atoms with Crippen molar-refractivity contribution in [1.82, 2.24) is 4.98 Å². The minimum Gasteiger partial charge on any atom is -0.481 e. The van der Waals surface area contributed by atoms with Crippen LogP contribution in [0.15, 0.2) is 0 Å². The average molecular weight is 280 g/mol. The summed E-state index contributed by atoms with van der Waals surface area (Å²) >= 11 is 1.64. The lowest BCUT2D eigenvalue weighted by Crippen LogP contribution is -2.23. The second-order valence-corrected chi connectivity index (χ2v) is 6.82. The van der Waals surface area contributed by atoms with Gasteiger partial charge in [-0.05, 0) is 38.5 Å². The third-order valence-corrected chi connectivity index (χ3v) is 5.54. The summed E-state index contributed by atoms with van der Waals surface area (Å²) < 4.78 is 0. The number of hydrogen-bond acceptors (Lipinski definition) is 4. The summed E-state index contributed by atoms with van der Waals surface area (Å²) in [6.07, 6.45) is 6.86. The quantitative estimate of drug-likeness (QED) is 0.888. The Morgan fingerprint density at radius 3 is 2.84 bits per heavy atom. The molecule has 1 fully saturated rings. The van der Waals surface area contributed by atoms with Crippen molar-refractivity contribution in [2.24, 2.45) is 5.92 Å². The second-order valence-electron chi connectivity index (χ2n) is 5.73. The van der Waals surface area contributed by atoms with Crippen molar-refractivity contribution in [1.29, 1.82) is 0 Å². The molecule has 0 bridgehead atoms. The molecule has 0 radical (unpaired) electrons. The molecule has 0 aliphatic heterocycles. The van der Waals surface area contributed by atoms with E-state index in [1.165, 1.54) is 25.7 Å². The van der Waals surface area contributed by atoms with Gasteiger partial charge in [0, 0.05) is 10.9 Å². The molecule has 3 rings (SSSR count). The number of aromatic nitrogens is 1. The van der Waals surface area contributed by atoms with E-state index in [9.17, 15) is 4.79 Å². The van der Waals surface area contributed by atoms with Gasteiger partial charge in [-0.2, -0.15) is 0 Å². The van der Waals surface area contributed by atoms with Crippen molar-refractivity contribution in [3.63, 3.8) is 0 Å². The molecule has 2 N–H and O–H groups in total. The summed E-state index contributed by atoms with van der Waals surface area (Å²) in [5, 5.41) is 13.6. The van der Waals surface area contributed by atoms with Crippen molar-refractivity contribution in [3.05, 3.63) is 10.6 Å². The first-order valence-corrected chi connectivity index (χ1v) is 7.95. The van der Waals surface area contributed by atoms with Gasteiger partial charge < -0.3 is 10.4 Å². The Labute approximate surface area is 117 Å². The summed E-state index contributed by atoms with van der Waals surface area (Å²) in [7, 11) is 0. The van der Waals surface area contributed by atoms with E-state index in [-0.39, 0.29) is 5.92 Å². The molecule has 104 valence electrons. The van der Waals surface area contributed by atoms with Crippen molar-refractivity contribution < 1.29 is 9.90 Å². The van der Waals surface area contributed by atoms with Gasteiger partial charge in [0.1, 0.15) is 5.92 Å². The van der Waals surface area contributed by atoms with Crippen LogP contribution in [0.2, 0.25) is 0 Å². The van der Waals surface area contributed by atoms with Crippen LogP contribution < -0.4 is 5.32 Å². The van der Waals surface area contributed by atoms with Crippen LogP contribution in [-0.2, 0) is 11.2 Å². The number of rotatable bonds is 4. The van der Waals surface area contributed by atoms with Gasteiger partial charge >= 0.3 is 5.97 Å². The van der Waals surface area contributed by atoms with E-state index in [1.807, 2.05) is 0 Å². The molecule has 1 aromatic heterocycles. The zero-order chi connectivity index (χ0) is 13.4. The first-order valence-electron chi connectivity index (χ1n) is 7.14. The lowest BCUT2D eigenvalue weighted by Gasteiger charge is -2.19. The van der Waals surface area contributed by atoms with E-state index >= 15 is 0 Å². The molecule has 5 heteroatoms. The molecule has 1 saturated carbocycles. The Bertz CT molecular complexity index is 480. The number of carbonyl (C=O) groups is 1. The highest BCUT2D eigenvalue weighted by molar-refractivity contribution is 7.15. The maximum Gasteiger partial charge on any atom is 0.312 e. The van der Waals surface area contributed by atoms with Gasteiger partial charge in [0.2, 0.25) is 0 Å². The Balaban J connectivity index is 1.70. The number of aliphatic carboxylic acids is 1. The van der Waals surface area contributed by atoms with Crippen LogP contribution in [0.5, 0.6) is 0 Å². The van der Waals surface area contributed by atoms with E-state index in [2.05, 4.69) is 17.2 Å². The van der Waals surface area contributed by atoms with Gasteiger partial charge in [0.15, 0.2) is 5.13 Å². The number of anilines is 1. The van der Waals surface area contributed by atoms with Crippen molar-refractivity contribution in [2.45, 2.75) is 57.4 Å². The van der Waals surface area contributed by atoms with E-state index in [0.717, 1.165) is 28.0 Å². The summed E-state index contributed by atoms with van der Waals surface area (Å²) in [5.74, 6) is -0.378. The van der Waals surface area contributed by atoms with Crippen molar-refractivity contribution in [2.75, 3.05) is 5.32 Å². The molecule has 1 heterocycles. The monoisotopic (exact) mass is 280 g/mol. The molecule has 2 aliphatic carbocycles. The van der Waals surface area contributed by atoms with Gasteiger partial charge in [-0.1, -0.05) is 12.8 Å². The molecule has 0 saturated heterocycles. The molecule has 2 atom stereocenters. The van der Waals surface area contributed by atoms with Crippen LogP contribution in [0.4, 0.5) is 5.13 Å². The Kier molecular flexibility index (Phi) is 3.48. The largest absolute Gasteiger partial charge is 0.481 e. The predicted octanol–water partition coefficient (Wildman–Crippen LogP) is 3.25. The summed E-state index contributed by atoms with van der Waals surface area (Å²) in [4.78, 5) is 16.8. The van der Waals surface area contributed by atoms with Crippen LogP contribution in [0.3, 0.4) is 0 Å².